The van der Waals surface area contributed by atoms with Gasteiger partial charge in [0.25, 0.3) is 0 Å². The highest BCUT2D eigenvalue weighted by Gasteiger charge is 2.32. The Labute approximate surface area is 126 Å². The number of hydrogen-bond donors (Lipinski definition) is 1. The second kappa shape index (κ2) is 5.77. The van der Waals surface area contributed by atoms with Crippen LogP contribution in [0.4, 0.5) is 13.2 Å². The molecular formula is C14H9BrF3NO2. The summed E-state index contributed by atoms with van der Waals surface area (Å²) in [6.07, 6.45) is -4.78. The molecule has 0 aliphatic rings. The number of carbonyl (C=O) groups excluding carboxylic acids is 1. The molecule has 0 aromatic heterocycles. The second-order valence-corrected chi connectivity index (χ2v) is 4.96. The van der Waals surface area contributed by atoms with Crippen molar-refractivity contribution in [3.05, 3.63) is 52.5 Å². The van der Waals surface area contributed by atoms with Gasteiger partial charge >= 0.3 is 6.36 Å². The van der Waals surface area contributed by atoms with Crippen molar-refractivity contribution in [3.8, 4) is 16.9 Å². The van der Waals surface area contributed by atoms with Crippen LogP contribution in [-0.4, -0.2) is 12.3 Å². The van der Waals surface area contributed by atoms with Crippen molar-refractivity contribution in [2.24, 2.45) is 5.73 Å². The van der Waals surface area contributed by atoms with Crippen molar-refractivity contribution in [3.63, 3.8) is 0 Å². The highest BCUT2D eigenvalue weighted by molar-refractivity contribution is 9.10. The fourth-order valence-electron chi connectivity index (χ4n) is 1.80. The van der Waals surface area contributed by atoms with Gasteiger partial charge in [0.1, 0.15) is 5.75 Å². The van der Waals surface area contributed by atoms with Gasteiger partial charge in [-0.3, -0.25) is 4.79 Å². The third-order valence-corrected chi connectivity index (χ3v) is 3.31. The minimum atomic E-state index is -4.78. The molecule has 1 amide bonds. The largest absolute Gasteiger partial charge is 0.573 e. The number of hydrogen-bond acceptors (Lipinski definition) is 2. The van der Waals surface area contributed by atoms with E-state index in [4.69, 9.17) is 5.73 Å². The maximum atomic E-state index is 12.4. The van der Waals surface area contributed by atoms with Gasteiger partial charge < -0.3 is 10.5 Å². The third-order valence-electron chi connectivity index (χ3n) is 2.66. The topological polar surface area (TPSA) is 52.3 Å². The Balaban J connectivity index is 2.47. The number of nitrogens with two attached hydrogens (primary N) is 1. The van der Waals surface area contributed by atoms with E-state index in [0.717, 1.165) is 0 Å². The molecule has 3 nitrogen and oxygen atoms in total. The normalized spacial score (nSPS) is 11.2. The summed E-state index contributed by atoms with van der Waals surface area (Å²) >= 11 is 3.17. The van der Waals surface area contributed by atoms with Crippen molar-refractivity contribution in [2.75, 3.05) is 0 Å². The van der Waals surface area contributed by atoms with Crippen LogP contribution in [0.25, 0.3) is 11.1 Å². The zero-order chi connectivity index (χ0) is 15.6. The first kappa shape index (κ1) is 15.4. The summed E-state index contributed by atoms with van der Waals surface area (Å²) in [6.45, 7) is 0. The van der Waals surface area contributed by atoms with E-state index in [1.807, 2.05) is 0 Å². The molecule has 0 radical (unpaired) electrons. The molecule has 2 N–H and O–H groups in total. The van der Waals surface area contributed by atoms with E-state index in [-0.39, 0.29) is 16.9 Å². The first-order chi connectivity index (χ1) is 9.78. The van der Waals surface area contributed by atoms with Crippen LogP contribution in [0, 0.1) is 0 Å². The van der Waals surface area contributed by atoms with Gasteiger partial charge in [0.15, 0.2) is 0 Å². The van der Waals surface area contributed by atoms with Crippen LogP contribution in [0.3, 0.4) is 0 Å². The van der Waals surface area contributed by atoms with Crippen molar-refractivity contribution in [1.29, 1.82) is 0 Å². The molecule has 2 aromatic carbocycles. The van der Waals surface area contributed by atoms with Gasteiger partial charge in [-0.25, -0.2) is 0 Å². The Morgan fingerprint density at radius 1 is 1.14 bits per heavy atom. The monoisotopic (exact) mass is 359 g/mol. The Hall–Kier alpha value is -2.02. The van der Waals surface area contributed by atoms with Gasteiger partial charge in [0.05, 0.1) is 5.56 Å². The van der Waals surface area contributed by atoms with E-state index in [2.05, 4.69) is 20.7 Å². The molecule has 0 saturated heterocycles. The van der Waals surface area contributed by atoms with Crippen LogP contribution in [-0.2, 0) is 0 Å². The molecule has 7 heteroatoms. The number of amides is 1. The second-order valence-electron chi connectivity index (χ2n) is 4.10. The van der Waals surface area contributed by atoms with Crippen LogP contribution >= 0.6 is 15.9 Å². The Morgan fingerprint density at radius 2 is 1.81 bits per heavy atom. The van der Waals surface area contributed by atoms with Gasteiger partial charge in [-0.15, -0.1) is 13.2 Å². The number of para-hydroxylation sites is 1. The Morgan fingerprint density at radius 3 is 2.38 bits per heavy atom. The lowest BCUT2D eigenvalue weighted by molar-refractivity contribution is -0.274. The summed E-state index contributed by atoms with van der Waals surface area (Å²) in [7, 11) is 0. The van der Waals surface area contributed by atoms with Crippen LogP contribution in [0.1, 0.15) is 10.4 Å². The average molecular weight is 360 g/mol. The molecule has 0 aliphatic carbocycles. The van der Waals surface area contributed by atoms with Crippen LogP contribution in [0.2, 0.25) is 0 Å². The maximum Gasteiger partial charge on any atom is 0.573 e. The molecule has 0 fully saturated rings. The third kappa shape index (κ3) is 3.75. The number of carbonyl (C=O) groups is 1. The van der Waals surface area contributed by atoms with E-state index in [1.165, 1.54) is 36.4 Å². The van der Waals surface area contributed by atoms with Gasteiger partial charge in [0.2, 0.25) is 5.91 Å². The van der Waals surface area contributed by atoms with E-state index in [9.17, 15) is 18.0 Å². The van der Waals surface area contributed by atoms with Gasteiger partial charge in [-0.2, -0.15) is 0 Å². The fourth-order valence-corrected chi connectivity index (χ4v) is 2.38. The van der Waals surface area contributed by atoms with Gasteiger partial charge in [0, 0.05) is 10.0 Å². The molecule has 2 rings (SSSR count). The van der Waals surface area contributed by atoms with Gasteiger partial charge in [-0.1, -0.05) is 24.3 Å². The van der Waals surface area contributed by atoms with Crippen LogP contribution < -0.4 is 10.5 Å². The lowest BCUT2D eigenvalue weighted by atomic mass is 10.0. The Bertz CT molecular complexity index is 686. The SMILES string of the molecule is NC(=O)c1ccc(-c2ccccc2OC(F)(F)F)cc1Br. The van der Waals surface area contributed by atoms with Crippen LogP contribution in [0.15, 0.2) is 46.9 Å². The van der Waals surface area contributed by atoms with Crippen molar-refractivity contribution in [2.45, 2.75) is 6.36 Å². The first-order valence-electron chi connectivity index (χ1n) is 5.72. The summed E-state index contributed by atoms with van der Waals surface area (Å²) < 4.78 is 41.6. The standard InChI is InChI=1S/C14H9BrF3NO2/c15-11-7-8(5-6-10(11)13(19)20)9-3-1-2-4-12(9)21-14(16,17)18/h1-7H,(H2,19,20). The molecule has 0 aliphatic heterocycles. The van der Waals surface area contributed by atoms with E-state index in [1.54, 1.807) is 6.07 Å². The lowest BCUT2D eigenvalue weighted by Gasteiger charge is -2.13. The number of primary amides is 1. The summed E-state index contributed by atoms with van der Waals surface area (Å²) in [5.74, 6) is -0.947. The van der Waals surface area contributed by atoms with Crippen molar-refractivity contribution in [1.82, 2.24) is 0 Å². The summed E-state index contributed by atoms with van der Waals surface area (Å²) in [5.41, 5.74) is 6.14. The zero-order valence-electron chi connectivity index (χ0n) is 10.4. The number of benzene rings is 2. The van der Waals surface area contributed by atoms with E-state index < -0.39 is 12.3 Å². The number of halogens is 4. The summed E-state index contributed by atoms with van der Waals surface area (Å²) in [4.78, 5) is 11.1. The predicted molar refractivity (Wildman–Crippen MR) is 74.8 cm³/mol. The lowest BCUT2D eigenvalue weighted by Crippen LogP contribution is -2.17. The molecule has 0 spiro atoms. The molecule has 0 unspecified atom stereocenters. The summed E-state index contributed by atoms with van der Waals surface area (Å²) in [6, 6.07) is 10.2. The number of alkyl halides is 3. The van der Waals surface area contributed by atoms with Gasteiger partial charge in [-0.05, 0) is 39.7 Å². The number of rotatable bonds is 3. The van der Waals surface area contributed by atoms with Crippen molar-refractivity contribution >= 4 is 21.8 Å². The molecule has 0 atom stereocenters. The molecule has 0 bridgehead atoms. The number of ether oxygens (including phenoxy) is 1. The Kier molecular flexibility index (Phi) is 4.22. The van der Waals surface area contributed by atoms with E-state index in [0.29, 0.717) is 10.0 Å². The quantitative estimate of drug-likeness (QED) is 0.896. The van der Waals surface area contributed by atoms with Crippen molar-refractivity contribution < 1.29 is 22.7 Å². The molecule has 0 saturated carbocycles. The highest BCUT2D eigenvalue weighted by Crippen LogP contribution is 2.35. The zero-order valence-corrected chi connectivity index (χ0v) is 12.0. The van der Waals surface area contributed by atoms with Crippen LogP contribution in [0.5, 0.6) is 5.75 Å². The molecule has 0 heterocycles. The minimum Gasteiger partial charge on any atom is -0.405 e. The smallest absolute Gasteiger partial charge is 0.405 e. The molecule has 21 heavy (non-hydrogen) atoms. The fraction of sp³-hybridized carbons (Fsp3) is 0.0714. The summed E-state index contributed by atoms with van der Waals surface area (Å²) in [5, 5.41) is 0. The molecule has 110 valence electrons. The highest BCUT2D eigenvalue weighted by atomic mass is 79.9. The molecule has 2 aromatic rings. The van der Waals surface area contributed by atoms with E-state index >= 15 is 0 Å². The maximum absolute atomic E-state index is 12.4. The minimum absolute atomic E-state index is 0.243. The first-order valence-corrected chi connectivity index (χ1v) is 6.52. The molecular weight excluding hydrogens is 351 g/mol. The average Bonchev–Trinajstić information content (AvgIpc) is 2.36. The predicted octanol–water partition coefficient (Wildman–Crippen LogP) is 4.11.